The van der Waals surface area contributed by atoms with E-state index >= 15 is 0 Å². The third kappa shape index (κ3) is 5.55. The predicted octanol–water partition coefficient (Wildman–Crippen LogP) is 1.57. The van der Waals surface area contributed by atoms with E-state index in [-0.39, 0.29) is 6.61 Å². The van der Waals surface area contributed by atoms with Gasteiger partial charge in [0.05, 0.1) is 0 Å². The monoisotopic (exact) mass is 456 g/mol. The number of para-hydroxylation sites is 1. The van der Waals surface area contributed by atoms with E-state index in [0.717, 1.165) is 4.83 Å². The summed E-state index contributed by atoms with van der Waals surface area (Å²) in [6.07, 6.45) is 0.709. The van der Waals surface area contributed by atoms with Crippen molar-refractivity contribution in [3.63, 3.8) is 0 Å². The van der Waals surface area contributed by atoms with E-state index < -0.39 is 43.1 Å². The highest BCUT2D eigenvalue weighted by molar-refractivity contribution is 8.00. The number of hydroxylamine groups is 1. The SMILES string of the molecule is CC(C(=O)O)N(Oc1ccccc1)[P+](=O)OC[C@@H]1O[C@H](n2ccc(=O)[nH]c2=O)CS1. The summed E-state index contributed by atoms with van der Waals surface area (Å²) in [6.45, 7) is 1.19. The van der Waals surface area contributed by atoms with Crippen molar-refractivity contribution in [1.82, 2.24) is 14.4 Å². The number of aliphatic carboxylic acids is 1. The van der Waals surface area contributed by atoms with Gasteiger partial charge in [0.15, 0.2) is 11.8 Å². The zero-order valence-electron chi connectivity index (χ0n) is 15.7. The summed E-state index contributed by atoms with van der Waals surface area (Å²) in [5, 5.41) is 9.27. The first-order chi connectivity index (χ1) is 14.3. The fourth-order valence-electron chi connectivity index (χ4n) is 2.45. The average Bonchev–Trinajstić information content (AvgIpc) is 3.19. The Kier molecular flexibility index (Phi) is 7.40. The van der Waals surface area contributed by atoms with E-state index in [9.17, 15) is 24.1 Å². The smallest absolute Gasteiger partial charge is 0.480 e. The molecule has 0 bridgehead atoms. The Morgan fingerprint density at radius 1 is 1.40 bits per heavy atom. The Bertz CT molecular complexity index is 1010. The first kappa shape index (κ1) is 22.2. The summed E-state index contributed by atoms with van der Waals surface area (Å²) < 4.78 is 24.9. The minimum Gasteiger partial charge on any atom is -0.480 e. The van der Waals surface area contributed by atoms with Crippen molar-refractivity contribution in [3.05, 3.63) is 63.4 Å². The van der Waals surface area contributed by atoms with Gasteiger partial charge >= 0.3 is 19.8 Å². The molecule has 11 nitrogen and oxygen atoms in total. The molecule has 1 aromatic heterocycles. The molecule has 0 saturated carbocycles. The molecule has 0 amide bonds. The van der Waals surface area contributed by atoms with Crippen molar-refractivity contribution in [3.8, 4) is 5.75 Å². The molecule has 0 radical (unpaired) electrons. The van der Waals surface area contributed by atoms with Crippen molar-refractivity contribution in [1.29, 1.82) is 0 Å². The van der Waals surface area contributed by atoms with Crippen molar-refractivity contribution >= 4 is 25.9 Å². The maximum atomic E-state index is 12.6. The van der Waals surface area contributed by atoms with Crippen LogP contribution in [0.4, 0.5) is 0 Å². The molecule has 0 spiro atoms. The number of nitrogens with zero attached hydrogens (tertiary/aromatic N) is 2. The molecule has 0 aliphatic carbocycles. The van der Waals surface area contributed by atoms with Crippen molar-refractivity contribution in [2.24, 2.45) is 0 Å². The number of hydrogen-bond donors (Lipinski definition) is 2. The molecule has 1 aromatic carbocycles. The quantitative estimate of drug-likeness (QED) is 0.422. The Morgan fingerprint density at radius 2 is 2.13 bits per heavy atom. The van der Waals surface area contributed by atoms with Crippen LogP contribution in [-0.4, -0.2) is 49.3 Å². The van der Waals surface area contributed by atoms with E-state index in [1.165, 1.54) is 35.5 Å². The maximum Gasteiger partial charge on any atom is 0.653 e. The van der Waals surface area contributed by atoms with E-state index in [0.29, 0.717) is 11.5 Å². The fraction of sp³-hybridized carbons (Fsp3) is 0.353. The molecule has 2 N–H and O–H groups in total. The number of carbonyl (C=O) groups is 1. The molecule has 3 rings (SSSR count). The van der Waals surface area contributed by atoms with Gasteiger partial charge in [-0.2, -0.15) is 0 Å². The van der Waals surface area contributed by atoms with Crippen LogP contribution < -0.4 is 16.1 Å². The van der Waals surface area contributed by atoms with Crippen LogP contribution in [0.5, 0.6) is 5.75 Å². The molecular weight excluding hydrogens is 437 g/mol. The number of carboxylic acids is 1. The van der Waals surface area contributed by atoms with Crippen molar-refractivity contribution in [2.75, 3.05) is 12.4 Å². The molecule has 160 valence electrons. The van der Waals surface area contributed by atoms with Crippen LogP contribution >= 0.6 is 19.9 Å². The Balaban J connectivity index is 1.60. The van der Waals surface area contributed by atoms with E-state index in [1.54, 1.807) is 30.3 Å². The maximum absolute atomic E-state index is 12.6. The van der Waals surface area contributed by atoms with Gasteiger partial charge in [0.25, 0.3) is 5.56 Å². The highest BCUT2D eigenvalue weighted by Crippen LogP contribution is 2.36. The van der Waals surface area contributed by atoms with Crippen LogP contribution in [0, 0.1) is 0 Å². The highest BCUT2D eigenvalue weighted by atomic mass is 32.2. The van der Waals surface area contributed by atoms with Gasteiger partial charge in [0, 0.05) is 18.0 Å². The van der Waals surface area contributed by atoms with Gasteiger partial charge in [-0.15, -0.1) is 16.3 Å². The van der Waals surface area contributed by atoms with Crippen LogP contribution in [0.2, 0.25) is 0 Å². The number of hydrogen-bond acceptors (Lipinski definition) is 8. The minimum atomic E-state index is -2.66. The number of benzene rings is 1. The van der Waals surface area contributed by atoms with Crippen LogP contribution in [0.1, 0.15) is 13.2 Å². The zero-order chi connectivity index (χ0) is 21.7. The lowest BCUT2D eigenvalue weighted by molar-refractivity contribution is -0.148. The predicted molar refractivity (Wildman–Crippen MR) is 107 cm³/mol. The number of rotatable bonds is 9. The van der Waals surface area contributed by atoms with Gasteiger partial charge < -0.3 is 14.7 Å². The van der Waals surface area contributed by atoms with Gasteiger partial charge in [-0.05, 0) is 23.6 Å². The van der Waals surface area contributed by atoms with Crippen LogP contribution in [0.25, 0.3) is 0 Å². The van der Waals surface area contributed by atoms with Crippen molar-refractivity contribution in [2.45, 2.75) is 24.6 Å². The lowest BCUT2D eigenvalue weighted by Gasteiger charge is -2.15. The van der Waals surface area contributed by atoms with Gasteiger partial charge in [-0.1, -0.05) is 18.2 Å². The third-order valence-corrected chi connectivity index (χ3v) is 6.22. The van der Waals surface area contributed by atoms with Gasteiger partial charge in [-0.3, -0.25) is 19.1 Å². The van der Waals surface area contributed by atoms with Crippen molar-refractivity contribution < 1.29 is 28.6 Å². The number of H-pyrrole nitrogens is 1. The van der Waals surface area contributed by atoms with Crippen LogP contribution in [-0.2, 0) is 18.6 Å². The van der Waals surface area contributed by atoms with Crippen LogP contribution in [0.3, 0.4) is 0 Å². The molecule has 2 unspecified atom stereocenters. The molecule has 1 fully saturated rings. The number of nitrogens with one attached hydrogen (secondary N) is 1. The minimum absolute atomic E-state index is 0.130. The Hall–Kier alpha value is -2.50. The molecule has 1 aliphatic heterocycles. The zero-order valence-corrected chi connectivity index (χ0v) is 17.5. The molecule has 30 heavy (non-hydrogen) atoms. The second-order valence-electron chi connectivity index (χ2n) is 6.13. The lowest BCUT2D eigenvalue weighted by Crippen LogP contribution is -2.37. The topological polar surface area (TPSA) is 140 Å². The summed E-state index contributed by atoms with van der Waals surface area (Å²) in [5.41, 5.74) is -1.66. The number of carboxylic acid groups (broad SMARTS) is 1. The summed E-state index contributed by atoms with van der Waals surface area (Å²) >= 11 is 1.33. The molecule has 13 heteroatoms. The third-order valence-electron chi connectivity index (χ3n) is 4.01. The number of aromatic nitrogens is 2. The van der Waals surface area contributed by atoms with Crippen LogP contribution in [0.15, 0.2) is 52.2 Å². The van der Waals surface area contributed by atoms with E-state index in [2.05, 4.69) is 4.98 Å². The summed E-state index contributed by atoms with van der Waals surface area (Å²) in [6, 6.07) is 8.29. The summed E-state index contributed by atoms with van der Waals surface area (Å²) in [7, 11) is -2.66. The number of ether oxygens (including phenoxy) is 1. The lowest BCUT2D eigenvalue weighted by atomic mass is 10.3. The largest absolute Gasteiger partial charge is 0.653 e. The molecule has 2 heterocycles. The Labute approximate surface area is 175 Å². The second-order valence-corrected chi connectivity index (χ2v) is 8.45. The first-order valence-corrected chi connectivity index (χ1v) is 11.0. The normalized spacial score (nSPS) is 20.1. The average molecular weight is 456 g/mol. The summed E-state index contributed by atoms with van der Waals surface area (Å²) in [5.74, 6) is -0.518. The summed E-state index contributed by atoms with van der Waals surface area (Å²) in [4.78, 5) is 42.8. The molecule has 2 aromatic rings. The molecule has 1 saturated heterocycles. The van der Waals surface area contributed by atoms with Gasteiger partial charge in [-0.25, -0.2) is 4.79 Å². The fourth-order valence-corrected chi connectivity index (χ4v) is 4.46. The van der Waals surface area contributed by atoms with E-state index in [4.69, 9.17) is 14.1 Å². The van der Waals surface area contributed by atoms with E-state index in [1.807, 2.05) is 0 Å². The molecular formula is C17H19N3O8PS+. The standard InChI is InChI=1S/C17H18N3O8PS/c1-11(16(22)23)20(28-12-5-3-2-4-6-12)29(25)26-9-15-27-14(10-30-15)19-8-7-13(21)18-17(19)24/h2-8,11,14-15H,9-10H2,1H3,(H-,18,21,22,23,24)/p+1/t11?,14-,15+/m0/s1. The molecule has 1 aliphatic rings. The highest BCUT2D eigenvalue weighted by Gasteiger charge is 2.43. The van der Waals surface area contributed by atoms with Gasteiger partial charge in [0.1, 0.15) is 23.1 Å². The van der Waals surface area contributed by atoms with Gasteiger partial charge in [0.2, 0.25) is 0 Å². The number of aromatic amines is 1. The molecule has 4 atom stereocenters. The Morgan fingerprint density at radius 3 is 2.80 bits per heavy atom. The first-order valence-electron chi connectivity index (χ1n) is 8.79. The second kappa shape index (κ2) is 10.0. The number of thioether (sulfide) groups is 1.